The molecule has 0 unspecified atom stereocenters. The number of benzene rings is 3. The van der Waals surface area contributed by atoms with Gasteiger partial charge in [-0.3, -0.25) is 4.79 Å². The fourth-order valence-electron chi connectivity index (χ4n) is 4.72. The quantitative estimate of drug-likeness (QED) is 0.299. The number of fused-ring (bicyclic) bond motifs is 1. The average molecular weight is 474 g/mol. The summed E-state index contributed by atoms with van der Waals surface area (Å²) >= 11 is 0. The number of ether oxygens (including phenoxy) is 2. The van der Waals surface area contributed by atoms with E-state index in [-0.39, 0.29) is 17.6 Å². The highest BCUT2D eigenvalue weighted by molar-refractivity contribution is 5.96. The minimum atomic E-state index is -0.384. The second-order valence-corrected chi connectivity index (χ2v) is 8.67. The normalized spacial score (nSPS) is 15.7. The van der Waals surface area contributed by atoms with Gasteiger partial charge >= 0.3 is 0 Å². The lowest BCUT2D eigenvalue weighted by molar-refractivity contribution is -0.117. The first kappa shape index (κ1) is 22.9. The number of aryl methyl sites for hydroxylation is 1. The smallest absolute Gasteiger partial charge is 0.227 e. The van der Waals surface area contributed by atoms with Gasteiger partial charge < -0.3 is 18.9 Å². The van der Waals surface area contributed by atoms with E-state index in [9.17, 15) is 9.18 Å². The van der Waals surface area contributed by atoms with Gasteiger partial charge in [-0.15, -0.1) is 0 Å². The molecule has 6 nitrogen and oxygen atoms in total. The molecule has 1 aromatic heterocycles. The average Bonchev–Trinajstić information content (AvgIpc) is 3.45. The fourth-order valence-corrected chi connectivity index (χ4v) is 4.72. The Bertz CT molecular complexity index is 1340. The third-order valence-corrected chi connectivity index (χ3v) is 6.42. The number of carbonyl (C=O) groups excluding carboxylic acids is 1. The number of nitrogens with zero attached hydrogens (tertiary/aromatic N) is 3. The maximum absolute atomic E-state index is 14.4. The van der Waals surface area contributed by atoms with E-state index in [2.05, 4.69) is 10.6 Å². The van der Waals surface area contributed by atoms with E-state index < -0.39 is 0 Å². The number of rotatable bonds is 9. The minimum Gasteiger partial charge on any atom is -0.493 e. The molecule has 5 rings (SSSR count). The van der Waals surface area contributed by atoms with Crippen molar-refractivity contribution >= 4 is 22.6 Å². The number of hydrogen-bond acceptors (Lipinski definition) is 4. The molecule has 35 heavy (non-hydrogen) atoms. The van der Waals surface area contributed by atoms with Crippen LogP contribution in [-0.4, -0.2) is 35.7 Å². The Hall–Kier alpha value is -3.87. The van der Waals surface area contributed by atoms with Crippen molar-refractivity contribution in [2.45, 2.75) is 31.7 Å². The number of unbranched alkanes of at least 4 members (excludes halogenated alkanes) is 1. The van der Waals surface area contributed by atoms with Crippen LogP contribution >= 0.6 is 0 Å². The van der Waals surface area contributed by atoms with Crippen molar-refractivity contribution in [2.24, 2.45) is 0 Å². The minimum absolute atomic E-state index is 0.0797. The van der Waals surface area contributed by atoms with Gasteiger partial charge in [0.05, 0.1) is 30.4 Å². The van der Waals surface area contributed by atoms with Crippen LogP contribution in [-0.2, 0) is 11.3 Å². The summed E-state index contributed by atoms with van der Waals surface area (Å²) in [5.41, 5.74) is 2.28. The number of methoxy groups -OCH3 is 1. The molecular formula is C28H28FN3O3. The van der Waals surface area contributed by atoms with Crippen LogP contribution in [0, 0.1) is 5.82 Å². The first-order chi connectivity index (χ1) is 17.2. The Balaban J connectivity index is 1.30. The lowest BCUT2D eigenvalue weighted by atomic mass is 10.1. The third-order valence-electron chi connectivity index (χ3n) is 6.42. The Morgan fingerprint density at radius 2 is 1.71 bits per heavy atom. The summed E-state index contributed by atoms with van der Waals surface area (Å²) in [4.78, 5) is 19.3. The molecule has 0 radical (unpaired) electrons. The van der Waals surface area contributed by atoms with E-state index in [1.807, 2.05) is 42.5 Å². The molecule has 1 atom stereocenters. The number of imidazole rings is 1. The first-order valence-corrected chi connectivity index (χ1v) is 11.9. The van der Waals surface area contributed by atoms with Crippen LogP contribution in [0.3, 0.4) is 0 Å². The Morgan fingerprint density at radius 1 is 0.971 bits per heavy atom. The lowest BCUT2D eigenvalue weighted by Crippen LogP contribution is -2.25. The maximum Gasteiger partial charge on any atom is 0.227 e. The molecule has 7 heteroatoms. The zero-order valence-electron chi connectivity index (χ0n) is 19.7. The highest BCUT2D eigenvalue weighted by atomic mass is 19.1. The number of hydrogen-bond donors (Lipinski definition) is 0. The van der Waals surface area contributed by atoms with Crippen LogP contribution < -0.4 is 14.4 Å². The Labute approximate surface area is 203 Å². The number of amides is 1. The van der Waals surface area contributed by atoms with Gasteiger partial charge in [0.2, 0.25) is 5.91 Å². The largest absolute Gasteiger partial charge is 0.493 e. The molecule has 1 amide bonds. The number of anilines is 1. The van der Waals surface area contributed by atoms with Crippen LogP contribution in [0.25, 0.3) is 11.0 Å². The molecule has 0 saturated carbocycles. The molecule has 0 bridgehead atoms. The second kappa shape index (κ2) is 10.2. The zero-order valence-corrected chi connectivity index (χ0v) is 19.7. The molecule has 1 saturated heterocycles. The molecule has 0 aliphatic carbocycles. The monoisotopic (exact) mass is 473 g/mol. The topological polar surface area (TPSA) is 56.6 Å². The highest BCUT2D eigenvalue weighted by Gasteiger charge is 2.35. The van der Waals surface area contributed by atoms with Crippen molar-refractivity contribution in [3.8, 4) is 11.5 Å². The summed E-state index contributed by atoms with van der Waals surface area (Å²) < 4.78 is 27.8. The third kappa shape index (κ3) is 4.71. The van der Waals surface area contributed by atoms with Crippen molar-refractivity contribution in [2.75, 3.05) is 25.2 Å². The highest BCUT2D eigenvalue weighted by Crippen LogP contribution is 2.34. The fraction of sp³-hybridized carbons (Fsp3) is 0.286. The van der Waals surface area contributed by atoms with Crippen molar-refractivity contribution in [3.05, 3.63) is 84.4 Å². The van der Waals surface area contributed by atoms with E-state index in [0.717, 1.165) is 47.7 Å². The molecule has 180 valence electrons. The number of halogens is 1. The van der Waals surface area contributed by atoms with Crippen LogP contribution in [0.1, 0.15) is 31.0 Å². The molecule has 1 aliphatic heterocycles. The van der Waals surface area contributed by atoms with Crippen LogP contribution in [0.4, 0.5) is 10.1 Å². The van der Waals surface area contributed by atoms with Crippen molar-refractivity contribution in [1.82, 2.24) is 9.55 Å². The van der Waals surface area contributed by atoms with Gasteiger partial charge in [0.25, 0.3) is 0 Å². The Morgan fingerprint density at radius 3 is 2.54 bits per heavy atom. The summed E-state index contributed by atoms with van der Waals surface area (Å²) in [7, 11) is 1.63. The van der Waals surface area contributed by atoms with E-state index in [0.29, 0.717) is 25.3 Å². The summed E-state index contributed by atoms with van der Waals surface area (Å²) in [5.74, 6) is 1.78. The number of carbonyl (C=O) groups is 1. The predicted octanol–water partition coefficient (Wildman–Crippen LogP) is 5.56. The van der Waals surface area contributed by atoms with Crippen molar-refractivity contribution < 1.29 is 18.7 Å². The standard InChI is InChI=1S/C28H28FN3O3/c1-34-25-14-6-7-15-26(25)35-17-9-8-16-31-24-13-5-3-11-22(24)30-28(31)20-18-27(33)32(19-20)23-12-4-2-10-21(23)29/h2-7,10-15,20H,8-9,16-19H2,1H3/t20-/m0/s1. The molecule has 0 N–H and O–H groups in total. The molecule has 3 aromatic carbocycles. The van der Waals surface area contributed by atoms with E-state index in [1.54, 1.807) is 30.2 Å². The van der Waals surface area contributed by atoms with Crippen LogP contribution in [0.2, 0.25) is 0 Å². The van der Waals surface area contributed by atoms with Crippen LogP contribution in [0.5, 0.6) is 11.5 Å². The van der Waals surface area contributed by atoms with E-state index in [1.165, 1.54) is 6.07 Å². The zero-order chi connectivity index (χ0) is 24.2. The summed E-state index contributed by atoms with van der Waals surface area (Å²) in [6, 6.07) is 22.1. The molecule has 1 fully saturated rings. The van der Waals surface area contributed by atoms with Crippen molar-refractivity contribution in [1.29, 1.82) is 0 Å². The second-order valence-electron chi connectivity index (χ2n) is 8.67. The van der Waals surface area contributed by atoms with Gasteiger partial charge in [-0.1, -0.05) is 36.4 Å². The number of aromatic nitrogens is 2. The first-order valence-electron chi connectivity index (χ1n) is 11.9. The SMILES string of the molecule is COc1ccccc1OCCCCn1c([C@H]2CC(=O)N(c3ccccc3F)C2)nc2ccccc21. The predicted molar refractivity (Wildman–Crippen MR) is 134 cm³/mol. The number of para-hydroxylation sites is 5. The van der Waals surface area contributed by atoms with Gasteiger partial charge in [-0.25, -0.2) is 9.37 Å². The summed E-state index contributed by atoms with van der Waals surface area (Å²) in [6.07, 6.45) is 2.06. The van der Waals surface area contributed by atoms with Gasteiger partial charge in [0, 0.05) is 25.4 Å². The molecular weight excluding hydrogens is 445 g/mol. The molecule has 0 spiro atoms. The molecule has 1 aliphatic rings. The van der Waals surface area contributed by atoms with Gasteiger partial charge in [0.15, 0.2) is 11.5 Å². The van der Waals surface area contributed by atoms with E-state index >= 15 is 0 Å². The van der Waals surface area contributed by atoms with Crippen molar-refractivity contribution in [3.63, 3.8) is 0 Å². The maximum atomic E-state index is 14.4. The van der Waals surface area contributed by atoms with Gasteiger partial charge in [0.1, 0.15) is 11.6 Å². The van der Waals surface area contributed by atoms with E-state index in [4.69, 9.17) is 14.5 Å². The van der Waals surface area contributed by atoms with Crippen LogP contribution in [0.15, 0.2) is 72.8 Å². The summed E-state index contributed by atoms with van der Waals surface area (Å²) in [6.45, 7) is 1.75. The van der Waals surface area contributed by atoms with Gasteiger partial charge in [-0.05, 0) is 49.2 Å². The lowest BCUT2D eigenvalue weighted by Gasteiger charge is -2.18. The van der Waals surface area contributed by atoms with Gasteiger partial charge in [-0.2, -0.15) is 0 Å². The molecule has 4 aromatic rings. The molecule has 2 heterocycles. The Kier molecular flexibility index (Phi) is 6.66. The summed E-state index contributed by atoms with van der Waals surface area (Å²) in [5, 5.41) is 0.